The molecule has 9 heteroatoms. The highest BCUT2D eigenvalue weighted by Gasteiger charge is 2.38. The van der Waals surface area contributed by atoms with Crippen molar-refractivity contribution in [3.8, 4) is 0 Å². The van der Waals surface area contributed by atoms with Gasteiger partial charge in [0.25, 0.3) is 0 Å². The van der Waals surface area contributed by atoms with Crippen LogP contribution in [-0.4, -0.2) is 57.9 Å². The molecule has 0 aliphatic carbocycles. The molecule has 2 atom stereocenters. The largest absolute Gasteiger partial charge is 0.377 e. The van der Waals surface area contributed by atoms with Gasteiger partial charge in [-0.1, -0.05) is 23.7 Å². The van der Waals surface area contributed by atoms with Gasteiger partial charge in [0.2, 0.25) is 10.0 Å². The van der Waals surface area contributed by atoms with Crippen molar-refractivity contribution in [1.82, 2.24) is 4.31 Å². The van der Waals surface area contributed by atoms with Crippen molar-refractivity contribution in [3.05, 3.63) is 40.3 Å². The third-order valence-electron chi connectivity index (χ3n) is 4.65. The molecule has 0 saturated carbocycles. The van der Waals surface area contributed by atoms with E-state index in [0.717, 1.165) is 18.2 Å². The van der Waals surface area contributed by atoms with Crippen LogP contribution in [0.25, 0.3) is 6.08 Å². The summed E-state index contributed by atoms with van der Waals surface area (Å²) in [4.78, 5) is 0. The molecule has 0 unspecified atom stereocenters. The average Bonchev–Trinajstić information content (AvgIpc) is 3.21. The summed E-state index contributed by atoms with van der Waals surface area (Å²) in [5, 5.41) is 1.71. The summed E-state index contributed by atoms with van der Waals surface area (Å²) in [6, 6.07) is 6.27. The maximum atomic E-state index is 12.9. The summed E-state index contributed by atoms with van der Waals surface area (Å²) >= 11 is 5.84. The second kappa shape index (κ2) is 7.98. The van der Waals surface area contributed by atoms with Gasteiger partial charge in [0.1, 0.15) is 0 Å². The average molecular weight is 420 g/mol. The number of hydrogen-bond acceptors (Lipinski definition) is 5. The van der Waals surface area contributed by atoms with Crippen LogP contribution in [0.5, 0.6) is 0 Å². The van der Waals surface area contributed by atoms with Gasteiger partial charge in [0.05, 0.1) is 17.6 Å². The standard InChI is InChI=1S/C17H22ClNO5S2/c18-15-5-3-14(4-6-15)7-11-26(22,23)19(12-17-2-1-9-24-17)16-8-10-25(20,21)13-16/h3-7,11,16-17H,1-2,8-10,12-13H2/b11-7+/t16-,17+/m1/s1. The Bertz CT molecular complexity index is 859. The summed E-state index contributed by atoms with van der Waals surface area (Å²) in [6.07, 6.45) is 3.31. The lowest BCUT2D eigenvalue weighted by Crippen LogP contribution is -2.44. The smallest absolute Gasteiger partial charge is 0.236 e. The fraction of sp³-hybridized carbons (Fsp3) is 0.529. The molecule has 0 aromatic heterocycles. The molecular weight excluding hydrogens is 398 g/mol. The normalized spacial score (nSPS) is 26.1. The molecule has 0 spiro atoms. The van der Waals surface area contributed by atoms with E-state index in [2.05, 4.69) is 0 Å². The van der Waals surface area contributed by atoms with Crippen molar-refractivity contribution in [2.75, 3.05) is 24.7 Å². The maximum absolute atomic E-state index is 12.9. The molecule has 1 aromatic carbocycles. The Kier molecular flexibility index (Phi) is 6.08. The highest BCUT2D eigenvalue weighted by molar-refractivity contribution is 7.93. The van der Waals surface area contributed by atoms with Crippen LogP contribution in [0.4, 0.5) is 0 Å². The zero-order chi connectivity index (χ0) is 18.8. The van der Waals surface area contributed by atoms with E-state index in [1.165, 1.54) is 10.4 Å². The minimum absolute atomic E-state index is 0.0239. The summed E-state index contributed by atoms with van der Waals surface area (Å²) in [5.41, 5.74) is 0.703. The first-order valence-electron chi connectivity index (χ1n) is 8.53. The Balaban J connectivity index is 1.82. The van der Waals surface area contributed by atoms with E-state index in [-0.39, 0.29) is 24.2 Å². The second-order valence-corrected chi connectivity index (χ2v) is 11.1. The predicted octanol–water partition coefficient (Wildman–Crippen LogP) is 2.31. The highest BCUT2D eigenvalue weighted by Crippen LogP contribution is 2.25. The highest BCUT2D eigenvalue weighted by atomic mass is 35.5. The van der Waals surface area contributed by atoms with Crippen LogP contribution >= 0.6 is 11.6 Å². The van der Waals surface area contributed by atoms with Gasteiger partial charge in [0, 0.05) is 29.6 Å². The first kappa shape index (κ1) is 19.8. The molecule has 2 saturated heterocycles. The third-order valence-corrected chi connectivity index (χ3v) is 8.24. The number of hydrogen-bond donors (Lipinski definition) is 0. The Hall–Kier alpha value is -0.930. The van der Waals surface area contributed by atoms with E-state index in [4.69, 9.17) is 16.3 Å². The number of rotatable bonds is 6. The molecule has 144 valence electrons. The zero-order valence-corrected chi connectivity index (χ0v) is 16.6. The topological polar surface area (TPSA) is 80.8 Å². The Morgan fingerprint density at radius 3 is 2.54 bits per heavy atom. The minimum Gasteiger partial charge on any atom is -0.377 e. The maximum Gasteiger partial charge on any atom is 0.236 e. The SMILES string of the molecule is O=S1(=O)CC[C@@H](N(C[C@@H]2CCCO2)S(=O)(=O)/C=C/c2ccc(Cl)cc2)C1. The summed E-state index contributed by atoms with van der Waals surface area (Å²) in [6.45, 7) is 0.801. The van der Waals surface area contributed by atoms with Crippen LogP contribution in [0.15, 0.2) is 29.7 Å². The molecule has 2 fully saturated rings. The second-order valence-electron chi connectivity index (χ2n) is 6.66. The molecule has 3 rings (SSSR count). The van der Waals surface area contributed by atoms with Crippen LogP contribution in [0.3, 0.4) is 0 Å². The van der Waals surface area contributed by atoms with E-state index in [9.17, 15) is 16.8 Å². The number of ether oxygens (including phenoxy) is 1. The van der Waals surface area contributed by atoms with Gasteiger partial charge < -0.3 is 4.74 Å². The monoisotopic (exact) mass is 419 g/mol. The van der Waals surface area contributed by atoms with Crippen molar-refractivity contribution in [3.63, 3.8) is 0 Å². The molecule has 2 aliphatic heterocycles. The fourth-order valence-corrected chi connectivity index (χ4v) is 6.67. The number of halogens is 1. The number of sulfone groups is 1. The van der Waals surface area contributed by atoms with Gasteiger partial charge in [-0.3, -0.25) is 0 Å². The zero-order valence-electron chi connectivity index (χ0n) is 14.3. The van der Waals surface area contributed by atoms with Gasteiger partial charge in [-0.2, -0.15) is 4.31 Å². The van der Waals surface area contributed by atoms with Crippen LogP contribution in [0, 0.1) is 0 Å². The molecule has 0 amide bonds. The molecule has 26 heavy (non-hydrogen) atoms. The lowest BCUT2D eigenvalue weighted by atomic mass is 10.2. The Labute approximate surface area is 159 Å². The van der Waals surface area contributed by atoms with Crippen molar-refractivity contribution in [1.29, 1.82) is 0 Å². The van der Waals surface area contributed by atoms with Gasteiger partial charge in [-0.05, 0) is 43.0 Å². The molecule has 2 aliphatic rings. The molecule has 0 bridgehead atoms. The molecular formula is C17H22ClNO5S2. The lowest BCUT2D eigenvalue weighted by molar-refractivity contribution is 0.0880. The molecule has 0 radical (unpaired) electrons. The molecule has 2 heterocycles. The van der Waals surface area contributed by atoms with E-state index in [0.29, 0.717) is 23.6 Å². The van der Waals surface area contributed by atoms with Crippen molar-refractivity contribution < 1.29 is 21.6 Å². The molecule has 0 N–H and O–H groups in total. The van der Waals surface area contributed by atoms with E-state index < -0.39 is 25.9 Å². The van der Waals surface area contributed by atoms with Crippen molar-refractivity contribution in [2.24, 2.45) is 0 Å². The van der Waals surface area contributed by atoms with Gasteiger partial charge in [-0.25, -0.2) is 16.8 Å². The van der Waals surface area contributed by atoms with Gasteiger partial charge >= 0.3 is 0 Å². The molecule has 1 aromatic rings. The first-order chi connectivity index (χ1) is 12.3. The summed E-state index contributed by atoms with van der Waals surface area (Å²) < 4.78 is 56.4. The first-order valence-corrected chi connectivity index (χ1v) is 12.2. The van der Waals surface area contributed by atoms with Crippen LogP contribution in [0.2, 0.25) is 5.02 Å². The summed E-state index contributed by atoms with van der Waals surface area (Å²) in [5.74, 6) is -0.107. The minimum atomic E-state index is -3.78. The predicted molar refractivity (Wildman–Crippen MR) is 102 cm³/mol. The van der Waals surface area contributed by atoms with Gasteiger partial charge in [-0.15, -0.1) is 0 Å². The number of sulfonamides is 1. The Morgan fingerprint density at radius 1 is 1.23 bits per heavy atom. The third kappa shape index (κ3) is 5.07. The summed E-state index contributed by atoms with van der Waals surface area (Å²) in [7, 11) is -6.97. The van der Waals surface area contributed by atoms with Crippen LogP contribution in [-0.2, 0) is 24.6 Å². The van der Waals surface area contributed by atoms with Crippen molar-refractivity contribution in [2.45, 2.75) is 31.4 Å². The fourth-order valence-electron chi connectivity index (χ4n) is 3.27. The van der Waals surface area contributed by atoms with Crippen LogP contribution < -0.4 is 0 Å². The number of benzene rings is 1. The number of nitrogens with zero attached hydrogens (tertiary/aromatic N) is 1. The molecule has 6 nitrogen and oxygen atoms in total. The van der Waals surface area contributed by atoms with Gasteiger partial charge in [0.15, 0.2) is 9.84 Å². The van der Waals surface area contributed by atoms with Crippen LogP contribution in [0.1, 0.15) is 24.8 Å². The van der Waals surface area contributed by atoms with Crippen molar-refractivity contribution >= 4 is 37.5 Å². The Morgan fingerprint density at radius 2 is 1.96 bits per heavy atom. The van der Waals surface area contributed by atoms with E-state index >= 15 is 0 Å². The van der Waals surface area contributed by atoms with E-state index in [1.807, 2.05) is 0 Å². The lowest BCUT2D eigenvalue weighted by Gasteiger charge is -2.28. The van der Waals surface area contributed by atoms with E-state index in [1.54, 1.807) is 24.3 Å². The quantitative estimate of drug-likeness (QED) is 0.706.